The lowest BCUT2D eigenvalue weighted by Gasteiger charge is -2.03. The highest BCUT2D eigenvalue weighted by molar-refractivity contribution is 5.99. The van der Waals surface area contributed by atoms with Crippen molar-refractivity contribution >= 4 is 5.71 Å². The minimum atomic E-state index is -4.41. The van der Waals surface area contributed by atoms with Gasteiger partial charge in [-0.15, -0.1) is 0 Å². The van der Waals surface area contributed by atoms with Crippen molar-refractivity contribution in [3.8, 4) is 0 Å². The smallest absolute Gasteiger partial charge is 0.252 e. The van der Waals surface area contributed by atoms with Crippen molar-refractivity contribution in [2.24, 2.45) is 4.99 Å². The second-order valence-corrected chi connectivity index (χ2v) is 2.42. The van der Waals surface area contributed by atoms with Gasteiger partial charge in [0, 0.05) is 6.20 Å². The van der Waals surface area contributed by atoms with E-state index in [1.165, 1.54) is 0 Å². The quantitative estimate of drug-likeness (QED) is 0.574. The molecule has 0 saturated heterocycles. The van der Waals surface area contributed by atoms with E-state index in [0.29, 0.717) is 11.6 Å². The number of allylic oxidation sites excluding steroid dienone is 2. The van der Waals surface area contributed by atoms with Crippen molar-refractivity contribution in [1.29, 1.82) is 0 Å². The van der Waals surface area contributed by atoms with Gasteiger partial charge >= 0.3 is 6.18 Å². The van der Waals surface area contributed by atoms with Crippen LogP contribution in [-0.4, -0.2) is 11.9 Å². The first-order chi connectivity index (χ1) is 5.38. The van der Waals surface area contributed by atoms with Crippen LogP contribution in [-0.2, 0) is 0 Å². The molecule has 68 valence electrons. The van der Waals surface area contributed by atoms with Crippen molar-refractivity contribution in [2.75, 3.05) is 0 Å². The first kappa shape index (κ1) is 10.9. The Balaban J connectivity index is 4.68. The van der Waals surface area contributed by atoms with Crippen LogP contribution in [0.2, 0.25) is 0 Å². The highest BCUT2D eigenvalue weighted by Crippen LogP contribution is 2.18. The predicted molar refractivity (Wildman–Crippen MR) is 43.1 cm³/mol. The van der Waals surface area contributed by atoms with Crippen molar-refractivity contribution in [3.05, 3.63) is 24.4 Å². The van der Waals surface area contributed by atoms with E-state index >= 15 is 0 Å². The first-order valence-electron chi connectivity index (χ1n) is 3.28. The van der Waals surface area contributed by atoms with Crippen LogP contribution in [0.25, 0.3) is 0 Å². The number of aliphatic imine (C=N–C) groups is 1. The molecule has 0 aliphatic carbocycles. The van der Waals surface area contributed by atoms with Crippen LogP contribution in [0, 0.1) is 0 Å². The molecule has 0 heterocycles. The summed E-state index contributed by atoms with van der Waals surface area (Å²) in [6.07, 6.45) is -2.56. The van der Waals surface area contributed by atoms with E-state index in [2.05, 4.69) is 11.6 Å². The van der Waals surface area contributed by atoms with Crippen LogP contribution < -0.4 is 0 Å². The Labute approximate surface area is 69.3 Å². The molecule has 1 nitrogen and oxygen atoms in total. The zero-order valence-corrected chi connectivity index (χ0v) is 6.94. The molecule has 12 heavy (non-hydrogen) atoms. The Hall–Kier alpha value is -1.06. The molecule has 0 saturated carbocycles. The molecule has 0 aromatic carbocycles. The zero-order chi connectivity index (χ0) is 9.78. The zero-order valence-electron chi connectivity index (χ0n) is 6.94. The van der Waals surface area contributed by atoms with Gasteiger partial charge in [-0.25, -0.2) is 0 Å². The number of nitrogens with zero attached hydrogens (tertiary/aromatic N) is 1. The number of hydrogen-bond acceptors (Lipinski definition) is 1. The molecule has 0 radical (unpaired) electrons. The second-order valence-electron chi connectivity index (χ2n) is 2.42. The van der Waals surface area contributed by atoms with Gasteiger partial charge in [-0.1, -0.05) is 12.2 Å². The summed E-state index contributed by atoms with van der Waals surface area (Å²) in [5, 5.41) is 0. The van der Waals surface area contributed by atoms with Gasteiger partial charge in [0.15, 0.2) is 0 Å². The van der Waals surface area contributed by atoms with E-state index in [9.17, 15) is 13.2 Å². The highest BCUT2D eigenvalue weighted by atomic mass is 19.4. The Morgan fingerprint density at radius 3 is 2.08 bits per heavy atom. The van der Waals surface area contributed by atoms with Crippen LogP contribution in [0.4, 0.5) is 13.2 Å². The lowest BCUT2D eigenvalue weighted by molar-refractivity contribution is -0.0576. The summed E-state index contributed by atoms with van der Waals surface area (Å²) in [6, 6.07) is 0. The number of rotatable bonds is 2. The molecule has 0 aromatic rings. The van der Waals surface area contributed by atoms with Gasteiger partial charge in [0.2, 0.25) is 0 Å². The van der Waals surface area contributed by atoms with E-state index in [1.54, 1.807) is 13.8 Å². The van der Waals surface area contributed by atoms with Gasteiger partial charge in [0.25, 0.3) is 0 Å². The van der Waals surface area contributed by atoms with Crippen LogP contribution in [0.3, 0.4) is 0 Å². The van der Waals surface area contributed by atoms with Gasteiger partial charge in [0.05, 0.1) is 0 Å². The maximum absolute atomic E-state index is 11.9. The fraction of sp³-hybridized carbons (Fsp3) is 0.375. The van der Waals surface area contributed by atoms with Crippen molar-refractivity contribution in [1.82, 2.24) is 0 Å². The molecule has 0 aromatic heterocycles. The Kier molecular flexibility index (Phi) is 3.73. The number of halogens is 3. The van der Waals surface area contributed by atoms with Crippen molar-refractivity contribution in [3.63, 3.8) is 0 Å². The third-order valence-electron chi connectivity index (χ3n) is 0.946. The summed E-state index contributed by atoms with van der Waals surface area (Å²) < 4.78 is 35.8. The summed E-state index contributed by atoms with van der Waals surface area (Å²) in [6.45, 7) is 6.36. The third-order valence-corrected chi connectivity index (χ3v) is 0.946. The molecule has 0 bridgehead atoms. The molecule has 0 rings (SSSR count). The Bertz CT molecular complexity index is 219. The first-order valence-corrected chi connectivity index (χ1v) is 3.28. The standard InChI is InChI=1S/C8H10F3N/c1-4-7(8(9,10)11)12-5-6(2)3/h4-5H,1H2,2-3H3. The molecule has 0 fully saturated rings. The fourth-order valence-corrected chi connectivity index (χ4v) is 0.440. The van der Waals surface area contributed by atoms with Crippen LogP contribution >= 0.6 is 0 Å². The minimum Gasteiger partial charge on any atom is -0.252 e. The fourth-order valence-electron chi connectivity index (χ4n) is 0.440. The molecule has 4 heteroatoms. The molecule has 0 atom stereocenters. The number of hydrogen-bond donors (Lipinski definition) is 0. The van der Waals surface area contributed by atoms with Crippen LogP contribution in [0.1, 0.15) is 13.8 Å². The topological polar surface area (TPSA) is 12.4 Å². The number of alkyl halides is 3. The minimum absolute atomic E-state index is 0.694. The predicted octanol–water partition coefficient (Wildman–Crippen LogP) is 3.10. The molecule has 0 aliphatic heterocycles. The molecule has 0 spiro atoms. The SMILES string of the molecule is C=CC(=NC=C(C)C)C(F)(F)F. The highest BCUT2D eigenvalue weighted by Gasteiger charge is 2.32. The average Bonchev–Trinajstić information content (AvgIpc) is 1.85. The van der Waals surface area contributed by atoms with Crippen LogP contribution in [0.15, 0.2) is 29.4 Å². The Morgan fingerprint density at radius 2 is 1.83 bits per heavy atom. The van der Waals surface area contributed by atoms with E-state index in [0.717, 1.165) is 6.20 Å². The molecule has 0 aliphatic rings. The maximum Gasteiger partial charge on any atom is 0.433 e. The van der Waals surface area contributed by atoms with Crippen molar-refractivity contribution < 1.29 is 13.2 Å². The van der Waals surface area contributed by atoms with Gasteiger partial charge in [-0.3, -0.25) is 4.99 Å². The van der Waals surface area contributed by atoms with Gasteiger partial charge in [-0.05, 0) is 19.9 Å². The molecule has 0 unspecified atom stereocenters. The third kappa shape index (κ3) is 3.95. The van der Waals surface area contributed by atoms with E-state index in [1.807, 2.05) is 0 Å². The summed E-state index contributed by atoms with van der Waals surface area (Å²) in [4.78, 5) is 3.22. The molecule has 0 amide bonds. The molecular weight excluding hydrogens is 167 g/mol. The summed E-state index contributed by atoms with van der Waals surface area (Å²) in [5.41, 5.74) is -0.262. The van der Waals surface area contributed by atoms with Gasteiger partial charge < -0.3 is 0 Å². The summed E-state index contributed by atoms with van der Waals surface area (Å²) >= 11 is 0. The van der Waals surface area contributed by atoms with E-state index in [4.69, 9.17) is 0 Å². The van der Waals surface area contributed by atoms with E-state index < -0.39 is 11.9 Å². The normalized spacial score (nSPS) is 12.6. The lowest BCUT2D eigenvalue weighted by atomic mass is 10.3. The average molecular weight is 177 g/mol. The monoisotopic (exact) mass is 177 g/mol. The molecular formula is C8H10F3N. The largest absolute Gasteiger partial charge is 0.433 e. The van der Waals surface area contributed by atoms with Gasteiger partial charge in [0.1, 0.15) is 5.71 Å². The van der Waals surface area contributed by atoms with Crippen molar-refractivity contribution in [2.45, 2.75) is 20.0 Å². The summed E-state index contributed by atoms with van der Waals surface area (Å²) in [7, 11) is 0. The summed E-state index contributed by atoms with van der Waals surface area (Å²) in [5.74, 6) is 0. The Morgan fingerprint density at radius 1 is 1.33 bits per heavy atom. The van der Waals surface area contributed by atoms with Crippen LogP contribution in [0.5, 0.6) is 0 Å². The van der Waals surface area contributed by atoms with E-state index in [-0.39, 0.29) is 0 Å². The second kappa shape index (κ2) is 4.09. The van der Waals surface area contributed by atoms with Gasteiger partial charge in [-0.2, -0.15) is 13.2 Å². The lowest BCUT2D eigenvalue weighted by Crippen LogP contribution is -2.19. The molecule has 0 N–H and O–H groups in total. The maximum atomic E-state index is 11.9.